The topological polar surface area (TPSA) is 99.8 Å². The van der Waals surface area contributed by atoms with Crippen molar-refractivity contribution in [1.29, 1.82) is 0 Å². The fourth-order valence-electron chi connectivity index (χ4n) is 2.28. The van der Waals surface area contributed by atoms with Gasteiger partial charge in [0.15, 0.2) is 5.82 Å². The Morgan fingerprint density at radius 1 is 1.15 bits per heavy atom. The number of hydrogen-bond donors (Lipinski definition) is 3. The van der Waals surface area contributed by atoms with E-state index < -0.39 is 11.7 Å². The lowest BCUT2D eigenvalue weighted by Gasteiger charge is -2.08. The van der Waals surface area contributed by atoms with Gasteiger partial charge in [0, 0.05) is 16.8 Å². The highest BCUT2D eigenvalue weighted by Gasteiger charge is 2.10. The van der Waals surface area contributed by atoms with Crippen LogP contribution in [0.15, 0.2) is 48.5 Å². The largest absolute Gasteiger partial charge is 0.343 e. The molecule has 0 unspecified atom stereocenters. The van der Waals surface area contributed by atoms with Crippen molar-refractivity contribution in [3.05, 3.63) is 65.7 Å². The molecule has 1 heterocycles. The summed E-state index contributed by atoms with van der Waals surface area (Å²) in [6.45, 7) is 1.59. The highest BCUT2D eigenvalue weighted by molar-refractivity contribution is 5.99. The quantitative estimate of drug-likeness (QED) is 0.655. The van der Waals surface area contributed by atoms with Crippen LogP contribution in [0, 0.1) is 12.7 Å². The van der Waals surface area contributed by atoms with Gasteiger partial charge in [0.2, 0.25) is 5.91 Å². The van der Waals surface area contributed by atoms with Gasteiger partial charge in [0.1, 0.15) is 11.6 Å². The molecule has 0 aliphatic rings. The van der Waals surface area contributed by atoms with E-state index in [-0.39, 0.29) is 18.0 Å². The Morgan fingerprint density at radius 3 is 2.62 bits per heavy atom. The number of aromatic nitrogens is 3. The first kappa shape index (κ1) is 17.3. The van der Waals surface area contributed by atoms with Gasteiger partial charge in [-0.25, -0.2) is 9.37 Å². The highest BCUT2D eigenvalue weighted by atomic mass is 19.1. The second kappa shape index (κ2) is 7.56. The van der Waals surface area contributed by atoms with Crippen LogP contribution in [0.1, 0.15) is 16.2 Å². The van der Waals surface area contributed by atoms with Crippen LogP contribution in [0.4, 0.5) is 10.1 Å². The lowest BCUT2D eigenvalue weighted by atomic mass is 10.2. The molecule has 0 radical (unpaired) electrons. The third kappa shape index (κ3) is 4.29. The van der Waals surface area contributed by atoms with E-state index >= 15 is 0 Å². The number of halogens is 1. The predicted octanol–water partition coefficient (Wildman–Crippen LogP) is 2.29. The summed E-state index contributed by atoms with van der Waals surface area (Å²) in [5.41, 5.74) is 1.59. The first-order chi connectivity index (χ1) is 12.5. The van der Waals surface area contributed by atoms with Crippen LogP contribution < -0.4 is 10.6 Å². The smallest absolute Gasteiger partial charge is 0.251 e. The summed E-state index contributed by atoms with van der Waals surface area (Å²) in [7, 11) is 0. The van der Waals surface area contributed by atoms with Gasteiger partial charge >= 0.3 is 0 Å². The minimum atomic E-state index is -0.454. The van der Waals surface area contributed by atoms with Gasteiger partial charge in [-0.15, -0.1) is 0 Å². The molecule has 8 heteroatoms. The molecule has 3 aromatic rings. The zero-order chi connectivity index (χ0) is 18.5. The lowest BCUT2D eigenvalue weighted by Crippen LogP contribution is -2.32. The van der Waals surface area contributed by atoms with Gasteiger partial charge in [0.25, 0.3) is 5.91 Å². The van der Waals surface area contributed by atoms with Gasteiger partial charge in [-0.1, -0.05) is 12.1 Å². The molecule has 7 nitrogen and oxygen atoms in total. The van der Waals surface area contributed by atoms with Gasteiger partial charge in [0.05, 0.1) is 6.54 Å². The van der Waals surface area contributed by atoms with Crippen molar-refractivity contribution in [1.82, 2.24) is 20.5 Å². The molecular formula is C18H16FN5O2. The van der Waals surface area contributed by atoms with E-state index in [0.717, 1.165) is 5.56 Å². The van der Waals surface area contributed by atoms with Crippen molar-refractivity contribution >= 4 is 17.5 Å². The maximum absolute atomic E-state index is 12.9. The zero-order valence-electron chi connectivity index (χ0n) is 13.9. The minimum absolute atomic E-state index is 0.208. The number of nitrogens with zero attached hydrogens (tertiary/aromatic N) is 2. The summed E-state index contributed by atoms with van der Waals surface area (Å²) in [6, 6.07) is 12.1. The normalized spacial score (nSPS) is 10.4. The van der Waals surface area contributed by atoms with Gasteiger partial charge < -0.3 is 10.6 Å². The molecule has 0 fully saturated rings. The van der Waals surface area contributed by atoms with E-state index in [9.17, 15) is 14.0 Å². The molecule has 0 spiro atoms. The maximum Gasteiger partial charge on any atom is 0.251 e. The van der Waals surface area contributed by atoms with E-state index in [0.29, 0.717) is 17.3 Å². The molecule has 0 aliphatic carbocycles. The van der Waals surface area contributed by atoms with Crippen LogP contribution in [0.25, 0.3) is 11.4 Å². The van der Waals surface area contributed by atoms with Crippen LogP contribution >= 0.6 is 0 Å². The number of carbonyl (C=O) groups excluding carboxylic acids is 2. The number of rotatable bonds is 5. The van der Waals surface area contributed by atoms with E-state index in [1.165, 1.54) is 24.3 Å². The Bertz CT molecular complexity index is 937. The lowest BCUT2D eigenvalue weighted by molar-refractivity contribution is -0.115. The van der Waals surface area contributed by atoms with Gasteiger partial charge in [-0.05, 0) is 43.3 Å². The fraction of sp³-hybridized carbons (Fsp3) is 0.111. The summed E-state index contributed by atoms with van der Waals surface area (Å²) in [5, 5.41) is 12.0. The highest BCUT2D eigenvalue weighted by Crippen LogP contribution is 2.19. The van der Waals surface area contributed by atoms with Crippen molar-refractivity contribution in [2.45, 2.75) is 6.92 Å². The fourth-order valence-corrected chi connectivity index (χ4v) is 2.28. The first-order valence-electron chi connectivity index (χ1n) is 7.84. The summed E-state index contributed by atoms with van der Waals surface area (Å²) in [5.74, 6) is -0.0456. The third-order valence-electron chi connectivity index (χ3n) is 3.52. The van der Waals surface area contributed by atoms with Crippen molar-refractivity contribution < 1.29 is 14.0 Å². The van der Waals surface area contributed by atoms with Crippen LogP contribution in [0.5, 0.6) is 0 Å². The third-order valence-corrected chi connectivity index (χ3v) is 3.52. The number of nitrogens with one attached hydrogen (secondary N) is 3. The van der Waals surface area contributed by atoms with Gasteiger partial charge in [-0.2, -0.15) is 5.10 Å². The Balaban J connectivity index is 1.58. The summed E-state index contributed by atoms with van der Waals surface area (Å²) >= 11 is 0. The molecule has 1 aromatic heterocycles. The van der Waals surface area contributed by atoms with E-state index in [4.69, 9.17) is 0 Å². The molecule has 3 rings (SSSR count). The van der Waals surface area contributed by atoms with Crippen molar-refractivity contribution in [3.63, 3.8) is 0 Å². The number of hydrogen-bond acceptors (Lipinski definition) is 4. The molecule has 0 atom stereocenters. The van der Waals surface area contributed by atoms with Crippen LogP contribution in [-0.2, 0) is 4.79 Å². The first-order valence-corrected chi connectivity index (χ1v) is 7.84. The molecule has 3 N–H and O–H groups in total. The van der Waals surface area contributed by atoms with Crippen molar-refractivity contribution in [2.24, 2.45) is 0 Å². The zero-order valence-corrected chi connectivity index (χ0v) is 13.9. The van der Waals surface area contributed by atoms with E-state index in [2.05, 4.69) is 25.8 Å². The van der Waals surface area contributed by atoms with Crippen LogP contribution in [0.2, 0.25) is 0 Å². The standard InChI is InChI=1S/C18H16FN5O2/c1-11-21-17(24-23-11)13-3-2-4-15(9-13)22-16(25)10-20-18(26)12-5-7-14(19)8-6-12/h2-9H,10H2,1H3,(H,20,26)(H,22,25)(H,21,23,24). The number of amides is 2. The van der Waals surface area contributed by atoms with Crippen LogP contribution in [0.3, 0.4) is 0 Å². The van der Waals surface area contributed by atoms with E-state index in [1.54, 1.807) is 25.1 Å². The minimum Gasteiger partial charge on any atom is -0.343 e. The molecule has 132 valence electrons. The summed E-state index contributed by atoms with van der Waals surface area (Å²) in [4.78, 5) is 28.2. The average Bonchev–Trinajstić information content (AvgIpc) is 3.07. The number of aromatic amines is 1. The molecule has 2 amide bonds. The molecule has 0 saturated carbocycles. The summed E-state index contributed by atoms with van der Waals surface area (Å²) < 4.78 is 12.9. The Kier molecular flexibility index (Phi) is 5.02. The predicted molar refractivity (Wildman–Crippen MR) is 93.9 cm³/mol. The molecular weight excluding hydrogens is 337 g/mol. The number of H-pyrrole nitrogens is 1. The number of benzene rings is 2. The van der Waals surface area contributed by atoms with Crippen molar-refractivity contribution in [3.8, 4) is 11.4 Å². The molecule has 0 aliphatic heterocycles. The van der Waals surface area contributed by atoms with Gasteiger partial charge in [-0.3, -0.25) is 14.7 Å². The van der Waals surface area contributed by atoms with E-state index in [1.807, 2.05) is 6.07 Å². The Labute approximate surface area is 148 Å². The van der Waals surface area contributed by atoms with Crippen LogP contribution in [-0.4, -0.2) is 33.5 Å². The molecule has 0 saturated heterocycles. The molecule has 26 heavy (non-hydrogen) atoms. The SMILES string of the molecule is Cc1nc(-c2cccc(NC(=O)CNC(=O)c3ccc(F)cc3)c2)n[nH]1. The average molecular weight is 353 g/mol. The van der Waals surface area contributed by atoms with Crippen molar-refractivity contribution in [2.75, 3.05) is 11.9 Å². The number of aryl methyl sites for hydroxylation is 1. The Morgan fingerprint density at radius 2 is 1.92 bits per heavy atom. The summed E-state index contributed by atoms with van der Waals surface area (Å²) in [6.07, 6.45) is 0. The number of carbonyl (C=O) groups is 2. The molecule has 2 aromatic carbocycles. The maximum atomic E-state index is 12.9. The monoisotopic (exact) mass is 353 g/mol. The number of anilines is 1. The second-order valence-corrected chi connectivity index (χ2v) is 5.56. The molecule has 0 bridgehead atoms. The Hall–Kier alpha value is -3.55. The second-order valence-electron chi connectivity index (χ2n) is 5.56.